The molecule has 1 saturated heterocycles. The number of rotatable bonds is 7. The molecular formula is C21H32N4O4S. The number of piperidine rings is 1. The highest BCUT2D eigenvalue weighted by atomic mass is 32.2. The van der Waals surface area contributed by atoms with Crippen LogP contribution in [0.3, 0.4) is 0 Å². The molecule has 0 bridgehead atoms. The fraction of sp³-hybridized carbons (Fsp3) is 0.571. The van der Waals surface area contributed by atoms with Crippen LogP contribution < -0.4 is 10.6 Å². The zero-order chi connectivity index (χ0) is 21.7. The molecule has 1 aromatic rings. The van der Waals surface area contributed by atoms with Gasteiger partial charge in [-0.15, -0.1) is 0 Å². The van der Waals surface area contributed by atoms with Crippen LogP contribution in [0.1, 0.15) is 46.4 Å². The van der Waals surface area contributed by atoms with Crippen molar-refractivity contribution >= 4 is 21.8 Å². The molecule has 1 heterocycles. The highest BCUT2D eigenvalue weighted by molar-refractivity contribution is 7.90. The van der Waals surface area contributed by atoms with Gasteiger partial charge in [-0.2, -0.15) is 5.26 Å². The minimum absolute atomic E-state index is 0. The van der Waals surface area contributed by atoms with Gasteiger partial charge in [0, 0.05) is 28.1 Å². The molecular weight excluding hydrogens is 404 g/mol. The van der Waals surface area contributed by atoms with Crippen LogP contribution in [0.5, 0.6) is 0 Å². The summed E-state index contributed by atoms with van der Waals surface area (Å²) in [6.07, 6.45) is 5.64. The lowest BCUT2D eigenvalue weighted by molar-refractivity contribution is -0.123. The van der Waals surface area contributed by atoms with Gasteiger partial charge in [-0.05, 0) is 42.9 Å². The Bertz CT molecular complexity index is 930. The lowest BCUT2D eigenvalue weighted by Gasteiger charge is -2.34. The van der Waals surface area contributed by atoms with Gasteiger partial charge in [0.1, 0.15) is 12.6 Å². The first-order valence-electron chi connectivity index (χ1n) is 10.3. The molecule has 2 unspecified atom stereocenters. The number of nitrogens with zero attached hydrogens (tertiary/aromatic N) is 2. The Balaban J connectivity index is 0.00000256. The van der Waals surface area contributed by atoms with Gasteiger partial charge in [0.2, 0.25) is 5.91 Å². The zero-order valence-electron chi connectivity index (χ0n) is 17.1. The van der Waals surface area contributed by atoms with Gasteiger partial charge in [-0.1, -0.05) is 25.0 Å². The molecule has 3 amide bonds. The molecule has 166 valence electrons. The number of likely N-dealkylation sites (tertiary alicyclic amines) is 1. The number of carbonyl (C=O) groups is 2. The number of nitrogens with one attached hydrogen (secondary N) is 2. The van der Waals surface area contributed by atoms with E-state index in [1.165, 1.54) is 6.26 Å². The molecule has 0 radical (unpaired) electrons. The summed E-state index contributed by atoms with van der Waals surface area (Å²) in [6, 6.07) is 7.82. The van der Waals surface area contributed by atoms with Crippen molar-refractivity contribution in [1.82, 2.24) is 15.5 Å². The summed E-state index contributed by atoms with van der Waals surface area (Å²) in [6.45, 7) is 1.05. The third kappa shape index (κ3) is 5.95. The van der Waals surface area contributed by atoms with Gasteiger partial charge in [0.15, 0.2) is 9.84 Å². The van der Waals surface area contributed by atoms with Crippen molar-refractivity contribution in [2.75, 3.05) is 25.9 Å². The Morgan fingerprint density at radius 3 is 2.57 bits per heavy atom. The highest BCUT2D eigenvalue weighted by Gasteiger charge is 2.32. The molecule has 1 saturated carbocycles. The molecule has 0 aromatic heterocycles. The molecule has 2 fully saturated rings. The van der Waals surface area contributed by atoms with Gasteiger partial charge >= 0.3 is 6.03 Å². The number of urea groups is 1. The van der Waals surface area contributed by atoms with Gasteiger partial charge in [-0.25, -0.2) is 13.2 Å². The third-order valence-electron chi connectivity index (χ3n) is 5.71. The summed E-state index contributed by atoms with van der Waals surface area (Å²) < 4.78 is 23.3. The molecule has 0 spiro atoms. The molecule has 2 aliphatic rings. The number of sulfone groups is 1. The summed E-state index contributed by atoms with van der Waals surface area (Å²) >= 11 is 0. The smallest absolute Gasteiger partial charge is 0.318 e. The predicted molar refractivity (Wildman–Crippen MR) is 116 cm³/mol. The molecule has 1 aliphatic heterocycles. The summed E-state index contributed by atoms with van der Waals surface area (Å²) in [7, 11) is -3.24. The summed E-state index contributed by atoms with van der Waals surface area (Å²) in [5.41, 5.74) is 1.00. The maximum atomic E-state index is 12.8. The van der Waals surface area contributed by atoms with E-state index in [-0.39, 0.29) is 32.1 Å². The van der Waals surface area contributed by atoms with Crippen LogP contribution in [-0.2, 0) is 14.6 Å². The summed E-state index contributed by atoms with van der Waals surface area (Å²) in [5.74, 6) is 0.250. The maximum absolute atomic E-state index is 12.8. The standard InChI is InChI=1S/C21H28N4O4S.2H2/c1-30(28,29)18-8-6-16(7-9-18)17-3-2-12-25(14-17)21(27)24-19(13-15-4-5-15)20(26)23-11-10-22;;/h6-9,15,17,19H,2-5,11-14H2,1H3,(H,23,26)(H,24,27);2*1H. The molecule has 8 nitrogen and oxygen atoms in total. The lowest BCUT2D eigenvalue weighted by atomic mass is 9.91. The van der Waals surface area contributed by atoms with E-state index in [0.29, 0.717) is 25.4 Å². The van der Waals surface area contributed by atoms with Crippen LogP contribution in [0.2, 0.25) is 0 Å². The van der Waals surface area contributed by atoms with Crippen molar-refractivity contribution in [3.63, 3.8) is 0 Å². The SMILES string of the molecule is CS(=O)(=O)c1ccc(C2CCCN(C(=O)NC(CC3CC3)C(=O)NCC#N)C2)cc1.[HH].[HH]. The first kappa shape index (κ1) is 22.1. The normalized spacial score (nSPS) is 20.1. The Kier molecular flexibility index (Phi) is 6.98. The fourth-order valence-electron chi connectivity index (χ4n) is 3.83. The van der Waals surface area contributed by atoms with E-state index in [9.17, 15) is 18.0 Å². The number of benzene rings is 1. The van der Waals surface area contributed by atoms with E-state index in [0.717, 1.165) is 31.2 Å². The fourth-order valence-corrected chi connectivity index (χ4v) is 4.46. The van der Waals surface area contributed by atoms with Crippen LogP contribution in [0.4, 0.5) is 4.79 Å². The van der Waals surface area contributed by atoms with Crippen molar-refractivity contribution in [3.05, 3.63) is 29.8 Å². The molecule has 9 heteroatoms. The summed E-state index contributed by atoms with van der Waals surface area (Å²) in [4.78, 5) is 27.2. The first-order chi connectivity index (χ1) is 14.3. The number of hydrogen-bond acceptors (Lipinski definition) is 5. The van der Waals surface area contributed by atoms with Gasteiger partial charge in [0.25, 0.3) is 0 Å². The number of carbonyl (C=O) groups excluding carboxylic acids is 2. The van der Waals surface area contributed by atoms with Crippen molar-refractivity contribution in [2.24, 2.45) is 5.92 Å². The average Bonchev–Trinajstić information content (AvgIpc) is 3.55. The van der Waals surface area contributed by atoms with Crippen molar-refractivity contribution in [3.8, 4) is 6.07 Å². The van der Waals surface area contributed by atoms with E-state index in [1.807, 2.05) is 18.2 Å². The number of amides is 3. The van der Waals surface area contributed by atoms with Crippen molar-refractivity contribution in [2.45, 2.75) is 49.0 Å². The first-order valence-corrected chi connectivity index (χ1v) is 12.2. The topological polar surface area (TPSA) is 119 Å². The molecule has 3 rings (SSSR count). The monoisotopic (exact) mass is 436 g/mol. The van der Waals surface area contributed by atoms with Gasteiger partial charge in [-0.3, -0.25) is 4.79 Å². The summed E-state index contributed by atoms with van der Waals surface area (Å²) in [5, 5.41) is 14.1. The Hall–Kier alpha value is -2.60. The molecule has 2 atom stereocenters. The van der Waals surface area contributed by atoms with Gasteiger partial charge < -0.3 is 15.5 Å². The highest BCUT2D eigenvalue weighted by Crippen LogP contribution is 2.34. The van der Waals surface area contributed by atoms with E-state index in [4.69, 9.17) is 5.26 Å². The molecule has 1 aliphatic carbocycles. The van der Waals surface area contributed by atoms with Crippen LogP contribution in [0.15, 0.2) is 29.2 Å². The molecule has 30 heavy (non-hydrogen) atoms. The predicted octanol–water partition coefficient (Wildman–Crippen LogP) is 2.28. The number of nitriles is 1. The van der Waals surface area contributed by atoms with Gasteiger partial charge in [0.05, 0.1) is 11.0 Å². The quantitative estimate of drug-likeness (QED) is 0.636. The van der Waals surface area contributed by atoms with E-state index in [2.05, 4.69) is 10.6 Å². The average molecular weight is 437 g/mol. The molecule has 2 N–H and O–H groups in total. The van der Waals surface area contributed by atoms with Crippen molar-refractivity contribution < 1.29 is 20.9 Å². The van der Waals surface area contributed by atoms with E-state index < -0.39 is 15.9 Å². The third-order valence-corrected chi connectivity index (χ3v) is 6.84. The van der Waals surface area contributed by atoms with Crippen LogP contribution in [0.25, 0.3) is 0 Å². The van der Waals surface area contributed by atoms with E-state index in [1.54, 1.807) is 17.0 Å². The van der Waals surface area contributed by atoms with Crippen LogP contribution in [-0.4, -0.2) is 57.2 Å². The Morgan fingerprint density at radius 1 is 1.27 bits per heavy atom. The molecule has 1 aromatic carbocycles. The minimum atomic E-state index is -3.24. The number of hydrogen-bond donors (Lipinski definition) is 2. The van der Waals surface area contributed by atoms with E-state index >= 15 is 0 Å². The van der Waals surface area contributed by atoms with Crippen LogP contribution in [0, 0.1) is 17.2 Å². The zero-order valence-corrected chi connectivity index (χ0v) is 18.0. The second kappa shape index (κ2) is 9.47. The maximum Gasteiger partial charge on any atom is 0.318 e. The lowest BCUT2D eigenvalue weighted by Crippen LogP contribution is -2.53. The van der Waals surface area contributed by atoms with Crippen LogP contribution >= 0.6 is 0 Å². The second-order valence-electron chi connectivity index (χ2n) is 8.18. The van der Waals surface area contributed by atoms with Crippen molar-refractivity contribution in [1.29, 1.82) is 5.26 Å². The largest absolute Gasteiger partial charge is 0.341 e. The minimum Gasteiger partial charge on any atom is -0.341 e. The second-order valence-corrected chi connectivity index (χ2v) is 10.2. The Labute approximate surface area is 180 Å². The Morgan fingerprint density at radius 2 is 1.97 bits per heavy atom.